The minimum Gasteiger partial charge on any atom is -0.384 e. The summed E-state index contributed by atoms with van der Waals surface area (Å²) in [6, 6.07) is 11.8. The smallest absolute Gasteiger partial charge is 0.122 e. The number of hydrogen-bond donors (Lipinski definition) is 2. The first-order valence-corrected chi connectivity index (χ1v) is 7.10. The van der Waals surface area contributed by atoms with Crippen molar-refractivity contribution in [1.29, 1.82) is 5.41 Å². The molecule has 0 atom stereocenters. The lowest BCUT2D eigenvalue weighted by Crippen LogP contribution is -2.17. The van der Waals surface area contributed by atoms with E-state index < -0.39 is 0 Å². The van der Waals surface area contributed by atoms with Gasteiger partial charge < -0.3 is 5.73 Å². The van der Waals surface area contributed by atoms with Gasteiger partial charge in [-0.05, 0) is 24.7 Å². The first-order chi connectivity index (χ1) is 9.04. The van der Waals surface area contributed by atoms with Gasteiger partial charge >= 0.3 is 0 Å². The molecule has 0 radical (unpaired) electrons. The van der Waals surface area contributed by atoms with Crippen LogP contribution in [-0.4, -0.2) is 17.8 Å². The SMILES string of the molecule is CN(Cc1ccc(C(=N)N)cc1)Cc1ccc(Cl)s1. The number of thiophene rings is 1. The zero-order valence-electron chi connectivity index (χ0n) is 10.7. The van der Waals surface area contributed by atoms with Gasteiger partial charge in [-0.15, -0.1) is 11.3 Å². The number of amidine groups is 1. The maximum atomic E-state index is 7.35. The maximum absolute atomic E-state index is 7.35. The van der Waals surface area contributed by atoms with Gasteiger partial charge in [0.1, 0.15) is 5.84 Å². The maximum Gasteiger partial charge on any atom is 0.122 e. The van der Waals surface area contributed by atoms with Crippen LogP contribution < -0.4 is 5.73 Å². The van der Waals surface area contributed by atoms with Crippen LogP contribution in [0.3, 0.4) is 0 Å². The highest BCUT2D eigenvalue weighted by atomic mass is 35.5. The molecule has 1 heterocycles. The highest BCUT2D eigenvalue weighted by Gasteiger charge is 2.05. The molecule has 1 aromatic carbocycles. The molecule has 0 aliphatic carbocycles. The van der Waals surface area contributed by atoms with Gasteiger partial charge in [-0.3, -0.25) is 10.3 Å². The highest BCUT2D eigenvalue weighted by molar-refractivity contribution is 7.16. The molecule has 2 aromatic rings. The van der Waals surface area contributed by atoms with E-state index in [4.69, 9.17) is 22.7 Å². The molecular formula is C14H16ClN3S. The van der Waals surface area contributed by atoms with Crippen LogP contribution in [0, 0.1) is 5.41 Å². The van der Waals surface area contributed by atoms with Crippen molar-refractivity contribution in [3.8, 4) is 0 Å². The summed E-state index contributed by atoms with van der Waals surface area (Å²) in [6.07, 6.45) is 0. The Balaban J connectivity index is 1.94. The predicted molar refractivity (Wildman–Crippen MR) is 82.0 cm³/mol. The van der Waals surface area contributed by atoms with E-state index in [1.807, 2.05) is 30.3 Å². The third-order valence-corrected chi connectivity index (χ3v) is 3.99. The van der Waals surface area contributed by atoms with Gasteiger partial charge in [0.2, 0.25) is 0 Å². The zero-order valence-corrected chi connectivity index (χ0v) is 12.3. The van der Waals surface area contributed by atoms with Crippen LogP contribution in [-0.2, 0) is 13.1 Å². The number of hydrogen-bond acceptors (Lipinski definition) is 3. The van der Waals surface area contributed by atoms with Crippen molar-refractivity contribution in [3.05, 3.63) is 56.7 Å². The van der Waals surface area contributed by atoms with Gasteiger partial charge in [0.15, 0.2) is 0 Å². The molecule has 100 valence electrons. The van der Waals surface area contributed by atoms with E-state index in [1.165, 1.54) is 10.4 Å². The van der Waals surface area contributed by atoms with Crippen molar-refractivity contribution in [1.82, 2.24) is 4.90 Å². The molecule has 19 heavy (non-hydrogen) atoms. The Hall–Kier alpha value is -1.36. The Kier molecular flexibility index (Phi) is 4.58. The number of benzene rings is 1. The van der Waals surface area contributed by atoms with Gasteiger partial charge in [0.05, 0.1) is 4.34 Å². The molecule has 0 fully saturated rings. The topological polar surface area (TPSA) is 53.1 Å². The summed E-state index contributed by atoms with van der Waals surface area (Å²) in [5.41, 5.74) is 7.40. The molecule has 0 aliphatic rings. The zero-order chi connectivity index (χ0) is 13.8. The molecule has 0 bridgehead atoms. The summed E-state index contributed by atoms with van der Waals surface area (Å²) in [7, 11) is 2.08. The largest absolute Gasteiger partial charge is 0.384 e. The third kappa shape index (κ3) is 4.06. The Bertz CT molecular complexity index is 562. The van der Waals surface area contributed by atoms with Crippen LogP contribution in [0.15, 0.2) is 36.4 Å². The lowest BCUT2D eigenvalue weighted by Gasteiger charge is -2.15. The van der Waals surface area contributed by atoms with E-state index >= 15 is 0 Å². The molecule has 0 saturated carbocycles. The first-order valence-electron chi connectivity index (χ1n) is 5.90. The van der Waals surface area contributed by atoms with E-state index in [9.17, 15) is 0 Å². The van der Waals surface area contributed by atoms with E-state index in [1.54, 1.807) is 11.3 Å². The second kappa shape index (κ2) is 6.19. The average Bonchev–Trinajstić information content (AvgIpc) is 2.75. The predicted octanol–water partition coefficient (Wildman–Crippen LogP) is 3.32. The van der Waals surface area contributed by atoms with Crippen LogP contribution in [0.1, 0.15) is 16.0 Å². The molecule has 0 spiro atoms. The van der Waals surface area contributed by atoms with Crippen molar-refractivity contribution in [3.63, 3.8) is 0 Å². The Labute approximate surface area is 122 Å². The number of nitrogens with zero attached hydrogens (tertiary/aromatic N) is 1. The summed E-state index contributed by atoms with van der Waals surface area (Å²) < 4.78 is 0.828. The summed E-state index contributed by atoms with van der Waals surface area (Å²) in [5, 5.41) is 7.35. The van der Waals surface area contributed by atoms with Gasteiger partial charge in [0.25, 0.3) is 0 Å². The number of nitrogens with one attached hydrogen (secondary N) is 1. The average molecular weight is 294 g/mol. The lowest BCUT2D eigenvalue weighted by molar-refractivity contribution is 0.322. The molecule has 0 amide bonds. The number of halogens is 1. The molecule has 0 saturated heterocycles. The van der Waals surface area contributed by atoms with Gasteiger partial charge in [-0.25, -0.2) is 0 Å². The van der Waals surface area contributed by atoms with Gasteiger partial charge in [-0.2, -0.15) is 0 Å². The molecule has 3 nitrogen and oxygen atoms in total. The second-order valence-corrected chi connectivity index (χ2v) is 6.29. The van der Waals surface area contributed by atoms with Crippen LogP contribution in [0.4, 0.5) is 0 Å². The number of nitrogens with two attached hydrogens (primary N) is 1. The molecule has 3 N–H and O–H groups in total. The van der Waals surface area contributed by atoms with E-state index in [-0.39, 0.29) is 5.84 Å². The molecule has 0 aliphatic heterocycles. The fourth-order valence-electron chi connectivity index (χ4n) is 1.86. The summed E-state index contributed by atoms with van der Waals surface area (Å²) in [6.45, 7) is 1.74. The van der Waals surface area contributed by atoms with Crippen molar-refractivity contribution < 1.29 is 0 Å². The molecule has 0 unspecified atom stereocenters. The van der Waals surface area contributed by atoms with Gasteiger partial charge in [0, 0.05) is 23.5 Å². The van der Waals surface area contributed by atoms with E-state index in [0.29, 0.717) is 0 Å². The third-order valence-electron chi connectivity index (χ3n) is 2.77. The molecule has 5 heteroatoms. The summed E-state index contributed by atoms with van der Waals surface area (Å²) in [5.74, 6) is 0.105. The first kappa shape index (κ1) is 14.1. The van der Waals surface area contributed by atoms with Crippen LogP contribution in [0.2, 0.25) is 4.34 Å². The standard InChI is InChI=1S/C14H16ClN3S/c1-18(9-12-6-7-13(15)19-12)8-10-2-4-11(5-3-10)14(16)17/h2-7H,8-9H2,1H3,(H3,16,17). The Morgan fingerprint density at radius 2 is 1.89 bits per heavy atom. The number of nitrogen functional groups attached to an aromatic ring is 1. The Morgan fingerprint density at radius 1 is 1.21 bits per heavy atom. The Morgan fingerprint density at radius 3 is 2.42 bits per heavy atom. The quantitative estimate of drug-likeness (QED) is 0.656. The van der Waals surface area contributed by atoms with E-state index in [0.717, 1.165) is 23.0 Å². The van der Waals surface area contributed by atoms with Crippen LogP contribution in [0.5, 0.6) is 0 Å². The summed E-state index contributed by atoms with van der Waals surface area (Å²) >= 11 is 7.53. The van der Waals surface area contributed by atoms with Crippen LogP contribution in [0.25, 0.3) is 0 Å². The fraction of sp³-hybridized carbons (Fsp3) is 0.214. The highest BCUT2D eigenvalue weighted by Crippen LogP contribution is 2.22. The minimum atomic E-state index is 0.105. The monoisotopic (exact) mass is 293 g/mol. The number of rotatable bonds is 5. The summed E-state index contributed by atoms with van der Waals surface area (Å²) in [4.78, 5) is 3.48. The normalized spacial score (nSPS) is 10.9. The van der Waals surface area contributed by atoms with Crippen LogP contribution >= 0.6 is 22.9 Å². The fourth-order valence-corrected chi connectivity index (χ4v) is 3.03. The van der Waals surface area contributed by atoms with Crippen molar-refractivity contribution in [2.45, 2.75) is 13.1 Å². The van der Waals surface area contributed by atoms with E-state index in [2.05, 4.69) is 18.0 Å². The lowest BCUT2D eigenvalue weighted by atomic mass is 10.1. The molecule has 2 rings (SSSR count). The van der Waals surface area contributed by atoms with Crippen molar-refractivity contribution in [2.24, 2.45) is 5.73 Å². The minimum absolute atomic E-state index is 0.105. The van der Waals surface area contributed by atoms with Crippen molar-refractivity contribution >= 4 is 28.8 Å². The van der Waals surface area contributed by atoms with Gasteiger partial charge in [-0.1, -0.05) is 35.9 Å². The molecule has 1 aromatic heterocycles. The molecular weight excluding hydrogens is 278 g/mol. The second-order valence-electron chi connectivity index (χ2n) is 4.49. The van der Waals surface area contributed by atoms with Crippen molar-refractivity contribution in [2.75, 3.05) is 7.05 Å².